The van der Waals surface area contributed by atoms with Crippen molar-refractivity contribution >= 4 is 34.9 Å². The lowest BCUT2D eigenvalue weighted by atomic mass is 9.92. The van der Waals surface area contributed by atoms with E-state index in [9.17, 15) is 0 Å². The molecule has 32 heavy (non-hydrogen) atoms. The second-order valence-electron chi connectivity index (χ2n) is 9.19. The molecular formula is C22H37N7O2S. The van der Waals surface area contributed by atoms with Gasteiger partial charge in [-0.1, -0.05) is 13.8 Å². The van der Waals surface area contributed by atoms with E-state index >= 15 is 0 Å². The second kappa shape index (κ2) is 11.4. The van der Waals surface area contributed by atoms with Gasteiger partial charge in [-0.25, -0.2) is 0 Å². The van der Waals surface area contributed by atoms with Gasteiger partial charge in [0.05, 0.1) is 26.4 Å². The third-order valence-corrected chi connectivity index (χ3v) is 6.52. The molecule has 2 N–H and O–H groups in total. The predicted molar refractivity (Wildman–Crippen MR) is 132 cm³/mol. The van der Waals surface area contributed by atoms with Gasteiger partial charge < -0.3 is 29.9 Å². The topological polar surface area (TPSA) is 78.0 Å². The van der Waals surface area contributed by atoms with Crippen LogP contribution in [0.15, 0.2) is 6.07 Å². The summed E-state index contributed by atoms with van der Waals surface area (Å²) in [5.41, 5.74) is 0. The first kappa shape index (κ1) is 23.4. The molecule has 0 radical (unpaired) electrons. The molecule has 1 aromatic rings. The summed E-state index contributed by atoms with van der Waals surface area (Å²) in [6, 6.07) is 2.12. The molecule has 178 valence electrons. The molecule has 0 amide bonds. The molecule has 1 aromatic heterocycles. The van der Waals surface area contributed by atoms with Gasteiger partial charge in [-0.2, -0.15) is 9.97 Å². The smallest absolute Gasteiger partial charge is 0.232 e. The van der Waals surface area contributed by atoms with Crippen molar-refractivity contribution in [3.8, 4) is 0 Å². The summed E-state index contributed by atoms with van der Waals surface area (Å²) in [5, 5.41) is 7.09. The monoisotopic (exact) mass is 463 g/mol. The minimum atomic E-state index is 0.554. The number of aromatic nitrogens is 2. The summed E-state index contributed by atoms with van der Waals surface area (Å²) in [5.74, 6) is 3.76. The molecule has 4 rings (SSSR count). The Balaban J connectivity index is 1.42. The molecule has 0 aliphatic carbocycles. The summed E-state index contributed by atoms with van der Waals surface area (Å²) < 4.78 is 10.9. The quantitative estimate of drug-likeness (QED) is 0.605. The molecule has 3 aliphatic heterocycles. The number of ether oxygens (including phenoxy) is 2. The van der Waals surface area contributed by atoms with Crippen LogP contribution in [0.1, 0.15) is 20.3 Å². The molecule has 0 saturated carbocycles. The van der Waals surface area contributed by atoms with E-state index in [1.54, 1.807) is 0 Å². The van der Waals surface area contributed by atoms with Crippen molar-refractivity contribution in [3.63, 3.8) is 0 Å². The fourth-order valence-corrected chi connectivity index (χ4v) is 4.94. The lowest BCUT2D eigenvalue weighted by Gasteiger charge is -2.36. The van der Waals surface area contributed by atoms with Crippen LogP contribution in [0.5, 0.6) is 0 Å². The molecule has 0 aromatic carbocycles. The Morgan fingerprint density at radius 3 is 2.22 bits per heavy atom. The molecule has 0 spiro atoms. The second-order valence-corrected chi connectivity index (χ2v) is 9.60. The molecule has 3 aliphatic rings. The zero-order valence-electron chi connectivity index (χ0n) is 19.4. The van der Waals surface area contributed by atoms with Crippen LogP contribution >= 0.6 is 12.2 Å². The fraction of sp³-hybridized carbons (Fsp3) is 0.773. The van der Waals surface area contributed by atoms with Gasteiger partial charge in [-0.15, -0.1) is 0 Å². The summed E-state index contributed by atoms with van der Waals surface area (Å²) in [4.78, 5) is 16.7. The summed E-state index contributed by atoms with van der Waals surface area (Å²) >= 11 is 5.55. The number of nitrogens with zero attached hydrogens (tertiary/aromatic N) is 5. The largest absolute Gasteiger partial charge is 0.379 e. The van der Waals surface area contributed by atoms with Crippen LogP contribution in [-0.4, -0.2) is 98.8 Å². The molecule has 3 fully saturated rings. The van der Waals surface area contributed by atoms with E-state index in [1.165, 1.54) is 6.42 Å². The summed E-state index contributed by atoms with van der Waals surface area (Å²) in [6.07, 6.45) is 1.26. The molecule has 9 nitrogen and oxygen atoms in total. The maximum atomic E-state index is 5.55. The number of nitrogens with one attached hydrogen (secondary N) is 2. The van der Waals surface area contributed by atoms with Gasteiger partial charge in [-0.3, -0.25) is 4.90 Å². The number of hydrogen-bond acceptors (Lipinski definition) is 8. The Hall–Kier alpha value is -1.75. The van der Waals surface area contributed by atoms with Crippen LogP contribution in [0, 0.1) is 11.8 Å². The van der Waals surface area contributed by atoms with Crippen LogP contribution in [-0.2, 0) is 9.47 Å². The van der Waals surface area contributed by atoms with Gasteiger partial charge in [0.2, 0.25) is 5.95 Å². The van der Waals surface area contributed by atoms with Crippen molar-refractivity contribution in [1.82, 2.24) is 20.2 Å². The molecular weight excluding hydrogens is 426 g/mol. The highest BCUT2D eigenvalue weighted by atomic mass is 32.1. The van der Waals surface area contributed by atoms with E-state index in [1.807, 2.05) is 0 Å². The minimum absolute atomic E-state index is 0.554. The van der Waals surface area contributed by atoms with Crippen LogP contribution in [0.3, 0.4) is 0 Å². The van der Waals surface area contributed by atoms with Gasteiger partial charge in [0.15, 0.2) is 5.11 Å². The van der Waals surface area contributed by atoms with Crippen molar-refractivity contribution in [2.45, 2.75) is 20.3 Å². The van der Waals surface area contributed by atoms with Crippen LogP contribution in [0.25, 0.3) is 0 Å². The van der Waals surface area contributed by atoms with E-state index in [4.69, 9.17) is 31.7 Å². The lowest BCUT2D eigenvalue weighted by molar-refractivity contribution is 0.0389. The molecule has 4 heterocycles. The number of morpholine rings is 2. The maximum Gasteiger partial charge on any atom is 0.232 e. The average Bonchev–Trinajstić information content (AvgIpc) is 2.79. The average molecular weight is 464 g/mol. The summed E-state index contributed by atoms with van der Waals surface area (Å²) in [7, 11) is 0. The van der Waals surface area contributed by atoms with Gasteiger partial charge >= 0.3 is 0 Å². The zero-order chi connectivity index (χ0) is 22.3. The minimum Gasteiger partial charge on any atom is -0.379 e. The standard InChI is InChI=1S/C22H37N7O2S/c1-17-13-18(2)16-29(15-17)20-14-19(28-7-11-31-12-8-28)24-21(25-20)26-22(32)23-3-4-27-5-9-30-10-6-27/h14,17-18H,3-13,15-16H2,1-2H3,(H2,23,24,25,26,32)/t17-,18-/m0/s1. The van der Waals surface area contributed by atoms with Crippen molar-refractivity contribution in [1.29, 1.82) is 0 Å². The van der Waals surface area contributed by atoms with Gasteiger partial charge in [0.1, 0.15) is 11.6 Å². The van der Waals surface area contributed by atoms with Gasteiger partial charge in [0, 0.05) is 58.4 Å². The van der Waals surface area contributed by atoms with Crippen LogP contribution < -0.4 is 20.4 Å². The Bertz CT molecular complexity index is 746. The molecule has 3 saturated heterocycles. The van der Waals surface area contributed by atoms with Crippen molar-refractivity contribution in [3.05, 3.63) is 6.07 Å². The highest BCUT2D eigenvalue weighted by molar-refractivity contribution is 7.80. The highest BCUT2D eigenvalue weighted by Gasteiger charge is 2.25. The highest BCUT2D eigenvalue weighted by Crippen LogP contribution is 2.28. The number of piperidine rings is 1. The first-order chi connectivity index (χ1) is 15.6. The maximum absolute atomic E-state index is 5.55. The third kappa shape index (κ3) is 6.63. The normalized spacial score (nSPS) is 24.9. The number of hydrogen-bond donors (Lipinski definition) is 2. The van der Waals surface area contributed by atoms with Crippen LogP contribution in [0.2, 0.25) is 0 Å². The third-order valence-electron chi connectivity index (χ3n) is 6.27. The van der Waals surface area contributed by atoms with E-state index < -0.39 is 0 Å². The van der Waals surface area contributed by atoms with E-state index in [-0.39, 0.29) is 0 Å². The SMILES string of the molecule is C[C@H]1C[C@H](C)CN(c2cc(N3CCOCC3)nc(NC(=S)NCCN3CCOCC3)n2)C1. The predicted octanol–water partition coefficient (Wildman–Crippen LogP) is 1.41. The van der Waals surface area contributed by atoms with Gasteiger partial charge in [0.25, 0.3) is 0 Å². The molecule has 2 atom stereocenters. The first-order valence-electron chi connectivity index (χ1n) is 11.9. The fourth-order valence-electron chi connectivity index (χ4n) is 4.74. The van der Waals surface area contributed by atoms with Crippen molar-refractivity contribution in [2.75, 3.05) is 93.9 Å². The molecule has 10 heteroatoms. The first-order valence-corrected chi connectivity index (χ1v) is 12.3. The number of anilines is 3. The van der Waals surface area contributed by atoms with Gasteiger partial charge in [-0.05, 0) is 30.5 Å². The van der Waals surface area contributed by atoms with Crippen LogP contribution in [0.4, 0.5) is 17.6 Å². The Labute approximate surface area is 196 Å². The molecule has 0 bridgehead atoms. The van der Waals surface area contributed by atoms with Crippen molar-refractivity contribution in [2.24, 2.45) is 11.8 Å². The van der Waals surface area contributed by atoms with E-state index in [0.29, 0.717) is 22.9 Å². The van der Waals surface area contributed by atoms with Crippen molar-refractivity contribution < 1.29 is 9.47 Å². The Kier molecular flexibility index (Phi) is 8.34. The van der Waals surface area contributed by atoms with E-state index in [0.717, 1.165) is 90.4 Å². The molecule has 0 unspecified atom stereocenters. The lowest BCUT2D eigenvalue weighted by Crippen LogP contribution is -2.42. The van der Waals surface area contributed by atoms with E-state index in [2.05, 4.69) is 45.2 Å². The Morgan fingerprint density at radius 2 is 1.56 bits per heavy atom. The number of thiocarbonyl (C=S) groups is 1. The zero-order valence-corrected chi connectivity index (χ0v) is 20.2. The Morgan fingerprint density at radius 1 is 0.969 bits per heavy atom. The summed E-state index contributed by atoms with van der Waals surface area (Å²) in [6.45, 7) is 15.1. The number of rotatable bonds is 6.